The van der Waals surface area contributed by atoms with Crippen molar-refractivity contribution < 1.29 is 5.11 Å². The van der Waals surface area contributed by atoms with Crippen LogP contribution in [0.4, 0.5) is 0 Å². The van der Waals surface area contributed by atoms with E-state index in [1.165, 1.54) is 0 Å². The molecule has 0 unspecified atom stereocenters. The zero-order chi connectivity index (χ0) is 14.3. The fourth-order valence-electron chi connectivity index (χ4n) is 3.00. The van der Waals surface area contributed by atoms with Gasteiger partial charge in [-0.1, -0.05) is 0 Å². The van der Waals surface area contributed by atoms with Gasteiger partial charge < -0.3 is 10.4 Å². The molecule has 1 aromatic carbocycles. The highest BCUT2D eigenvalue weighted by Gasteiger charge is 2.35. The Balaban J connectivity index is 2.01. The molecule has 1 aliphatic heterocycles. The molecule has 104 valence electrons. The topological polar surface area (TPSA) is 84.7 Å². The van der Waals surface area contributed by atoms with Crippen molar-refractivity contribution in [3.63, 3.8) is 0 Å². The van der Waals surface area contributed by atoms with Crippen LogP contribution in [-0.2, 0) is 0 Å². The molecule has 1 fully saturated rings. The van der Waals surface area contributed by atoms with E-state index in [-0.39, 0.29) is 11.6 Å². The Morgan fingerprint density at radius 2 is 2.30 bits per heavy atom. The minimum Gasteiger partial charge on any atom is -0.387 e. The largest absolute Gasteiger partial charge is 0.387 e. The number of nitrogens with one attached hydrogen (secondary N) is 2. The first-order chi connectivity index (χ1) is 9.50. The molecule has 0 aliphatic carbocycles. The van der Waals surface area contributed by atoms with Gasteiger partial charge in [0.05, 0.1) is 29.5 Å². The second kappa shape index (κ2) is 4.58. The average Bonchev–Trinajstić information content (AvgIpc) is 3.02. The zero-order valence-electron chi connectivity index (χ0n) is 11.6. The summed E-state index contributed by atoms with van der Waals surface area (Å²) in [5.41, 5.74) is 2.14. The van der Waals surface area contributed by atoms with Gasteiger partial charge in [0, 0.05) is 17.0 Å². The smallest absolute Gasteiger partial charge is 0.0992 e. The van der Waals surface area contributed by atoms with Crippen molar-refractivity contribution in [3.05, 3.63) is 29.5 Å². The van der Waals surface area contributed by atoms with Gasteiger partial charge in [-0.25, -0.2) is 0 Å². The lowest BCUT2D eigenvalue weighted by molar-refractivity contribution is 0.133. The highest BCUT2D eigenvalue weighted by atomic mass is 16.3. The Labute approximate surface area is 117 Å². The second-order valence-electron chi connectivity index (χ2n) is 6.13. The van der Waals surface area contributed by atoms with E-state index in [0.29, 0.717) is 5.56 Å². The fourth-order valence-corrected chi connectivity index (χ4v) is 3.00. The zero-order valence-corrected chi connectivity index (χ0v) is 11.6. The number of rotatable bonds is 2. The molecule has 0 radical (unpaired) electrons. The normalized spacial score (nSPS) is 22.8. The van der Waals surface area contributed by atoms with Crippen LogP contribution in [0.2, 0.25) is 0 Å². The first-order valence-corrected chi connectivity index (χ1v) is 6.83. The van der Waals surface area contributed by atoms with Crippen LogP contribution in [0.3, 0.4) is 0 Å². The van der Waals surface area contributed by atoms with Crippen molar-refractivity contribution in [2.24, 2.45) is 0 Å². The Kier molecular flexibility index (Phi) is 3.00. The molecule has 0 saturated carbocycles. The van der Waals surface area contributed by atoms with Crippen LogP contribution in [0.25, 0.3) is 10.9 Å². The average molecular weight is 270 g/mol. The van der Waals surface area contributed by atoms with Crippen LogP contribution in [0.5, 0.6) is 0 Å². The predicted molar refractivity (Wildman–Crippen MR) is 76.0 cm³/mol. The van der Waals surface area contributed by atoms with Crippen molar-refractivity contribution in [1.82, 2.24) is 15.5 Å². The van der Waals surface area contributed by atoms with Crippen molar-refractivity contribution in [2.45, 2.75) is 44.4 Å². The van der Waals surface area contributed by atoms with E-state index in [1.54, 1.807) is 18.3 Å². The van der Waals surface area contributed by atoms with Crippen molar-refractivity contribution >= 4 is 10.9 Å². The molecule has 1 saturated heterocycles. The highest BCUT2D eigenvalue weighted by molar-refractivity contribution is 5.83. The number of aliphatic hydroxyl groups is 1. The van der Waals surface area contributed by atoms with Crippen LogP contribution < -0.4 is 5.32 Å². The molecule has 3 N–H and O–H groups in total. The molecule has 0 amide bonds. The van der Waals surface area contributed by atoms with E-state index in [2.05, 4.69) is 35.4 Å². The van der Waals surface area contributed by atoms with Gasteiger partial charge in [-0.05, 0) is 44.4 Å². The van der Waals surface area contributed by atoms with Crippen LogP contribution in [0.1, 0.15) is 43.9 Å². The van der Waals surface area contributed by atoms with E-state index in [4.69, 9.17) is 5.26 Å². The maximum Gasteiger partial charge on any atom is 0.0992 e. The fraction of sp³-hybridized carbons (Fsp3) is 0.467. The van der Waals surface area contributed by atoms with E-state index in [0.717, 1.165) is 29.3 Å². The molecule has 0 bridgehead atoms. The Bertz CT molecular complexity index is 683. The number of fused-ring (bicyclic) bond motifs is 1. The summed E-state index contributed by atoms with van der Waals surface area (Å²) in [6.45, 7) is 4.28. The van der Waals surface area contributed by atoms with Gasteiger partial charge in [0.1, 0.15) is 0 Å². The van der Waals surface area contributed by atoms with Crippen LogP contribution >= 0.6 is 0 Å². The van der Waals surface area contributed by atoms with Gasteiger partial charge in [0.25, 0.3) is 0 Å². The molecule has 5 heteroatoms. The number of aliphatic hydroxyl groups excluding tert-OH is 1. The predicted octanol–water partition coefficient (Wildman–Crippen LogP) is 2.00. The molecule has 1 aromatic heterocycles. The molecule has 0 spiro atoms. The Morgan fingerprint density at radius 1 is 1.50 bits per heavy atom. The Morgan fingerprint density at radius 3 is 2.95 bits per heavy atom. The molecule has 1 aliphatic rings. The first kappa shape index (κ1) is 13.1. The van der Waals surface area contributed by atoms with Gasteiger partial charge in [-0.2, -0.15) is 10.4 Å². The summed E-state index contributed by atoms with van der Waals surface area (Å²) in [7, 11) is 0. The number of H-pyrrole nitrogens is 1. The maximum absolute atomic E-state index is 10.7. The molecule has 3 rings (SSSR count). The third kappa shape index (κ3) is 2.17. The summed E-state index contributed by atoms with van der Waals surface area (Å²) in [5, 5.41) is 31.0. The minimum absolute atomic E-state index is 0.0112. The lowest BCUT2D eigenvalue weighted by Gasteiger charge is -2.24. The number of aromatic amines is 1. The lowest BCUT2D eigenvalue weighted by atomic mass is 9.96. The molecule has 2 heterocycles. The van der Waals surface area contributed by atoms with E-state index >= 15 is 0 Å². The maximum atomic E-state index is 10.7. The van der Waals surface area contributed by atoms with Gasteiger partial charge in [-0.3, -0.25) is 5.10 Å². The first-order valence-electron chi connectivity index (χ1n) is 6.83. The minimum atomic E-state index is -0.634. The molecular weight excluding hydrogens is 252 g/mol. The van der Waals surface area contributed by atoms with Gasteiger partial charge in [0.15, 0.2) is 0 Å². The third-order valence-corrected chi connectivity index (χ3v) is 4.08. The summed E-state index contributed by atoms with van der Waals surface area (Å²) in [6, 6.07) is 5.66. The highest BCUT2D eigenvalue weighted by Crippen LogP contribution is 2.33. The number of benzene rings is 1. The van der Waals surface area contributed by atoms with E-state index < -0.39 is 6.10 Å². The molecule has 5 nitrogen and oxygen atoms in total. The van der Waals surface area contributed by atoms with Crippen LogP contribution in [-0.4, -0.2) is 26.9 Å². The van der Waals surface area contributed by atoms with Crippen LogP contribution in [0.15, 0.2) is 18.3 Å². The Hall–Kier alpha value is -1.90. The number of hydrogen-bond acceptors (Lipinski definition) is 4. The summed E-state index contributed by atoms with van der Waals surface area (Å²) in [6.07, 6.45) is 3.02. The number of aromatic nitrogens is 2. The lowest BCUT2D eigenvalue weighted by Crippen LogP contribution is -2.40. The van der Waals surface area contributed by atoms with E-state index in [9.17, 15) is 5.11 Å². The second-order valence-corrected chi connectivity index (χ2v) is 6.13. The summed E-state index contributed by atoms with van der Waals surface area (Å²) >= 11 is 0. The van der Waals surface area contributed by atoms with Crippen molar-refractivity contribution in [2.75, 3.05) is 0 Å². The van der Waals surface area contributed by atoms with Crippen molar-refractivity contribution in [3.8, 4) is 6.07 Å². The van der Waals surface area contributed by atoms with Gasteiger partial charge >= 0.3 is 0 Å². The molecule has 2 aromatic rings. The molecule has 20 heavy (non-hydrogen) atoms. The third-order valence-electron chi connectivity index (χ3n) is 4.08. The molecule has 2 atom stereocenters. The standard InChI is InChI=1S/C15H18N4O/c1-15(2)4-3-12(18-15)14(20)10-5-9(7-16)6-13-11(10)8-17-19-13/h5-6,8,12,14,18,20H,3-4H2,1-2H3,(H,17,19)/t12-,14+/m0/s1. The summed E-state index contributed by atoms with van der Waals surface area (Å²) in [4.78, 5) is 0. The number of hydrogen-bond donors (Lipinski definition) is 3. The summed E-state index contributed by atoms with van der Waals surface area (Å²) < 4.78 is 0. The van der Waals surface area contributed by atoms with Crippen molar-refractivity contribution in [1.29, 1.82) is 5.26 Å². The van der Waals surface area contributed by atoms with E-state index in [1.807, 2.05) is 0 Å². The van der Waals surface area contributed by atoms with Gasteiger partial charge in [0.2, 0.25) is 0 Å². The monoisotopic (exact) mass is 270 g/mol. The number of nitrogens with zero attached hydrogens (tertiary/aromatic N) is 2. The SMILES string of the molecule is CC1(C)CC[C@@H]([C@H](O)c2cc(C#N)cc3[nH]ncc23)N1. The quantitative estimate of drug-likeness (QED) is 0.779. The van der Waals surface area contributed by atoms with Crippen LogP contribution in [0, 0.1) is 11.3 Å². The molecular formula is C15H18N4O. The number of nitriles is 1. The summed E-state index contributed by atoms with van der Waals surface area (Å²) in [5.74, 6) is 0. The van der Waals surface area contributed by atoms with Gasteiger partial charge in [-0.15, -0.1) is 0 Å².